The van der Waals surface area contributed by atoms with Gasteiger partial charge >= 0.3 is 0 Å². The Hall–Kier alpha value is -0.730. The van der Waals surface area contributed by atoms with E-state index < -0.39 is 0 Å². The first-order valence-corrected chi connectivity index (χ1v) is 5.12. The molecule has 14 heavy (non-hydrogen) atoms. The molecule has 0 aliphatic heterocycles. The fourth-order valence-corrected chi connectivity index (χ4v) is 1.36. The number of nitrogens with two attached hydrogens (primary N) is 1. The van der Waals surface area contributed by atoms with Crippen molar-refractivity contribution in [3.8, 4) is 5.75 Å². The van der Waals surface area contributed by atoms with E-state index >= 15 is 0 Å². The number of ether oxygens (including phenoxy) is 1. The van der Waals surface area contributed by atoms with Crippen molar-refractivity contribution >= 4 is 11.6 Å². The van der Waals surface area contributed by atoms with Crippen LogP contribution in [0.25, 0.3) is 0 Å². The van der Waals surface area contributed by atoms with E-state index in [0.29, 0.717) is 6.61 Å². The van der Waals surface area contributed by atoms with E-state index in [4.69, 9.17) is 22.1 Å². The molecule has 0 saturated heterocycles. The molecule has 0 aromatic heterocycles. The van der Waals surface area contributed by atoms with Crippen LogP contribution in [0.5, 0.6) is 5.75 Å². The van der Waals surface area contributed by atoms with Crippen LogP contribution in [0, 0.1) is 6.92 Å². The third kappa shape index (κ3) is 3.56. The third-order valence-electron chi connectivity index (χ3n) is 1.97. The maximum absolute atomic E-state index is 5.83. The van der Waals surface area contributed by atoms with E-state index in [1.807, 2.05) is 32.0 Å². The van der Waals surface area contributed by atoms with Crippen molar-refractivity contribution in [2.45, 2.75) is 26.3 Å². The Morgan fingerprint density at radius 1 is 1.50 bits per heavy atom. The minimum Gasteiger partial charge on any atom is -0.493 e. The summed E-state index contributed by atoms with van der Waals surface area (Å²) in [5.41, 5.74) is 6.68. The van der Waals surface area contributed by atoms with Crippen molar-refractivity contribution in [1.82, 2.24) is 0 Å². The van der Waals surface area contributed by atoms with Crippen LogP contribution in [0.3, 0.4) is 0 Å². The lowest BCUT2D eigenvalue weighted by Crippen LogP contribution is -2.18. The Bertz CT molecular complexity index is 299. The highest BCUT2D eigenvalue weighted by Crippen LogP contribution is 2.21. The van der Waals surface area contributed by atoms with Crippen molar-refractivity contribution in [2.75, 3.05) is 6.61 Å². The number of hydrogen-bond acceptors (Lipinski definition) is 2. The van der Waals surface area contributed by atoms with Gasteiger partial charge in [0.1, 0.15) is 5.75 Å². The fourth-order valence-electron chi connectivity index (χ4n) is 1.13. The number of hydrogen-bond donors (Lipinski definition) is 1. The third-order valence-corrected chi connectivity index (χ3v) is 2.20. The highest BCUT2D eigenvalue weighted by Gasteiger charge is 2.00. The van der Waals surface area contributed by atoms with Gasteiger partial charge in [0.2, 0.25) is 0 Å². The average Bonchev–Trinajstić information content (AvgIpc) is 2.08. The maximum Gasteiger partial charge on any atom is 0.122 e. The summed E-state index contributed by atoms with van der Waals surface area (Å²) in [6.07, 6.45) is 0.863. The average molecular weight is 214 g/mol. The predicted octanol–water partition coefficient (Wildman–Crippen LogP) is 2.76. The lowest BCUT2D eigenvalue weighted by atomic mass is 10.2. The molecule has 1 aromatic rings. The zero-order valence-corrected chi connectivity index (χ0v) is 9.34. The number of rotatable bonds is 4. The number of halogens is 1. The Labute approximate surface area is 90.0 Å². The van der Waals surface area contributed by atoms with Crippen molar-refractivity contribution in [1.29, 1.82) is 0 Å². The van der Waals surface area contributed by atoms with Crippen molar-refractivity contribution in [3.05, 3.63) is 28.8 Å². The number of aryl methyl sites for hydroxylation is 1. The van der Waals surface area contributed by atoms with E-state index in [1.165, 1.54) is 0 Å². The second-order valence-corrected chi connectivity index (χ2v) is 3.96. The molecule has 1 aromatic carbocycles. The highest BCUT2D eigenvalue weighted by molar-refractivity contribution is 6.30. The topological polar surface area (TPSA) is 35.2 Å². The summed E-state index contributed by atoms with van der Waals surface area (Å²) in [6.45, 7) is 4.60. The van der Waals surface area contributed by atoms with Gasteiger partial charge in [0.15, 0.2) is 0 Å². The van der Waals surface area contributed by atoms with Gasteiger partial charge in [-0.1, -0.05) is 11.6 Å². The predicted molar refractivity (Wildman–Crippen MR) is 60.0 cm³/mol. The molecular formula is C11H16ClNO. The minimum absolute atomic E-state index is 0.183. The van der Waals surface area contributed by atoms with Gasteiger partial charge in [0.05, 0.1) is 6.61 Å². The summed E-state index contributed by atoms with van der Waals surface area (Å²) in [6, 6.07) is 5.79. The van der Waals surface area contributed by atoms with Gasteiger partial charge in [-0.15, -0.1) is 0 Å². The quantitative estimate of drug-likeness (QED) is 0.835. The van der Waals surface area contributed by atoms with Crippen molar-refractivity contribution in [2.24, 2.45) is 5.73 Å². The molecule has 0 aliphatic carbocycles. The molecule has 1 rings (SSSR count). The molecule has 3 heteroatoms. The molecule has 2 nitrogen and oxygen atoms in total. The summed E-state index contributed by atoms with van der Waals surface area (Å²) in [5, 5.41) is 0.738. The molecule has 1 unspecified atom stereocenters. The van der Waals surface area contributed by atoms with Gasteiger partial charge in [-0.05, 0) is 44.0 Å². The molecule has 2 N–H and O–H groups in total. The Balaban J connectivity index is 2.51. The van der Waals surface area contributed by atoms with Crippen LogP contribution in [0.1, 0.15) is 18.9 Å². The molecule has 0 aliphatic rings. The van der Waals surface area contributed by atoms with E-state index in [0.717, 1.165) is 22.8 Å². The Morgan fingerprint density at radius 2 is 2.21 bits per heavy atom. The summed E-state index contributed by atoms with van der Waals surface area (Å²) in [7, 11) is 0. The smallest absolute Gasteiger partial charge is 0.122 e. The molecule has 0 spiro atoms. The lowest BCUT2D eigenvalue weighted by molar-refractivity contribution is 0.299. The van der Waals surface area contributed by atoms with E-state index in [1.54, 1.807) is 0 Å². The van der Waals surface area contributed by atoms with E-state index in [9.17, 15) is 0 Å². The fraction of sp³-hybridized carbons (Fsp3) is 0.455. The first-order valence-electron chi connectivity index (χ1n) is 4.74. The summed E-state index contributed by atoms with van der Waals surface area (Å²) in [4.78, 5) is 0. The van der Waals surface area contributed by atoms with Gasteiger partial charge in [0, 0.05) is 11.1 Å². The monoisotopic (exact) mass is 213 g/mol. The molecule has 0 bridgehead atoms. The van der Waals surface area contributed by atoms with Gasteiger partial charge in [-0.3, -0.25) is 0 Å². The summed E-state index contributed by atoms with van der Waals surface area (Å²) >= 11 is 5.83. The largest absolute Gasteiger partial charge is 0.493 e. The van der Waals surface area contributed by atoms with Crippen LogP contribution in [-0.4, -0.2) is 12.6 Å². The zero-order chi connectivity index (χ0) is 10.6. The molecule has 0 saturated carbocycles. The molecule has 78 valence electrons. The second-order valence-electron chi connectivity index (χ2n) is 3.52. The maximum atomic E-state index is 5.83. The lowest BCUT2D eigenvalue weighted by Gasteiger charge is -2.10. The van der Waals surface area contributed by atoms with E-state index in [-0.39, 0.29) is 6.04 Å². The minimum atomic E-state index is 0.183. The zero-order valence-electron chi connectivity index (χ0n) is 8.59. The molecule has 0 radical (unpaired) electrons. The van der Waals surface area contributed by atoms with Crippen LogP contribution < -0.4 is 10.5 Å². The van der Waals surface area contributed by atoms with Crippen LogP contribution in [-0.2, 0) is 0 Å². The van der Waals surface area contributed by atoms with Crippen LogP contribution in [0.2, 0.25) is 5.02 Å². The molecule has 1 atom stereocenters. The Kier molecular flexibility index (Phi) is 4.23. The first-order chi connectivity index (χ1) is 6.59. The molecule has 0 amide bonds. The van der Waals surface area contributed by atoms with E-state index in [2.05, 4.69) is 0 Å². The van der Waals surface area contributed by atoms with Crippen LogP contribution >= 0.6 is 11.6 Å². The van der Waals surface area contributed by atoms with Gasteiger partial charge < -0.3 is 10.5 Å². The second kappa shape index (κ2) is 5.23. The van der Waals surface area contributed by atoms with Crippen LogP contribution in [0.15, 0.2) is 18.2 Å². The van der Waals surface area contributed by atoms with Crippen molar-refractivity contribution < 1.29 is 4.74 Å². The van der Waals surface area contributed by atoms with Crippen molar-refractivity contribution in [3.63, 3.8) is 0 Å². The summed E-state index contributed by atoms with van der Waals surface area (Å²) < 4.78 is 5.56. The standard InChI is InChI=1S/C11H16ClNO/c1-8-7-10(12)3-4-11(8)14-6-5-9(2)13/h3-4,7,9H,5-6,13H2,1-2H3. The summed E-state index contributed by atoms with van der Waals surface area (Å²) in [5.74, 6) is 0.884. The van der Waals surface area contributed by atoms with Gasteiger partial charge in [-0.25, -0.2) is 0 Å². The van der Waals surface area contributed by atoms with Crippen LogP contribution in [0.4, 0.5) is 0 Å². The normalized spacial score (nSPS) is 12.6. The highest BCUT2D eigenvalue weighted by atomic mass is 35.5. The number of benzene rings is 1. The SMILES string of the molecule is Cc1cc(Cl)ccc1OCCC(C)N. The first kappa shape index (κ1) is 11.3. The Morgan fingerprint density at radius 3 is 2.79 bits per heavy atom. The van der Waals surface area contributed by atoms with Gasteiger partial charge in [0.25, 0.3) is 0 Å². The molecular weight excluding hydrogens is 198 g/mol. The molecule has 0 fully saturated rings. The van der Waals surface area contributed by atoms with Gasteiger partial charge in [-0.2, -0.15) is 0 Å². The molecule has 0 heterocycles.